The van der Waals surface area contributed by atoms with E-state index in [2.05, 4.69) is 30.9 Å². The molecule has 0 radical (unpaired) electrons. The molecule has 1 aromatic carbocycles. The molecular formula is C14H21ClN2. The van der Waals surface area contributed by atoms with Crippen molar-refractivity contribution in [2.24, 2.45) is 11.7 Å². The van der Waals surface area contributed by atoms with E-state index in [-0.39, 0.29) is 0 Å². The van der Waals surface area contributed by atoms with Crippen molar-refractivity contribution in [3.63, 3.8) is 0 Å². The highest BCUT2D eigenvalue weighted by atomic mass is 35.5. The molecule has 3 unspecified atom stereocenters. The molecule has 1 aliphatic heterocycles. The summed E-state index contributed by atoms with van der Waals surface area (Å²) < 4.78 is 0. The number of rotatable bonds is 3. The molecule has 1 saturated heterocycles. The van der Waals surface area contributed by atoms with Gasteiger partial charge in [-0.2, -0.15) is 0 Å². The van der Waals surface area contributed by atoms with Crippen molar-refractivity contribution < 1.29 is 0 Å². The minimum atomic E-state index is 0.336. The molecule has 3 heteroatoms. The van der Waals surface area contributed by atoms with E-state index in [4.69, 9.17) is 17.3 Å². The predicted octanol–water partition coefficient (Wildman–Crippen LogP) is 2.55. The first-order valence-corrected chi connectivity index (χ1v) is 6.68. The monoisotopic (exact) mass is 252 g/mol. The summed E-state index contributed by atoms with van der Waals surface area (Å²) in [5, 5.41) is 0.804. The van der Waals surface area contributed by atoms with Crippen molar-refractivity contribution in [2.75, 3.05) is 13.1 Å². The highest BCUT2D eigenvalue weighted by Crippen LogP contribution is 2.20. The molecular weight excluding hydrogens is 232 g/mol. The second-order valence-electron chi connectivity index (χ2n) is 5.27. The molecule has 2 rings (SSSR count). The Morgan fingerprint density at radius 1 is 1.35 bits per heavy atom. The molecule has 1 heterocycles. The Morgan fingerprint density at radius 3 is 2.53 bits per heavy atom. The number of halogens is 1. The maximum atomic E-state index is 6.06. The molecule has 1 fully saturated rings. The molecule has 0 spiro atoms. The Morgan fingerprint density at radius 2 is 2.00 bits per heavy atom. The van der Waals surface area contributed by atoms with Crippen molar-refractivity contribution in [1.29, 1.82) is 0 Å². The van der Waals surface area contributed by atoms with Crippen LogP contribution in [-0.4, -0.2) is 30.1 Å². The zero-order chi connectivity index (χ0) is 12.4. The van der Waals surface area contributed by atoms with Gasteiger partial charge in [-0.05, 0) is 37.0 Å². The Balaban J connectivity index is 1.93. The normalized spacial score (nSPS) is 27.3. The number of nitrogens with two attached hydrogens (primary N) is 1. The first-order chi connectivity index (χ1) is 8.06. The largest absolute Gasteiger partial charge is 0.326 e. The van der Waals surface area contributed by atoms with Crippen LogP contribution in [0.2, 0.25) is 5.02 Å². The van der Waals surface area contributed by atoms with Crippen LogP contribution in [0, 0.1) is 5.92 Å². The minimum Gasteiger partial charge on any atom is -0.326 e. The lowest BCUT2D eigenvalue weighted by Gasteiger charge is -2.24. The molecule has 94 valence electrons. The lowest BCUT2D eigenvalue weighted by atomic mass is 10.1. The zero-order valence-corrected chi connectivity index (χ0v) is 11.3. The van der Waals surface area contributed by atoms with Crippen molar-refractivity contribution in [1.82, 2.24) is 4.90 Å². The summed E-state index contributed by atoms with van der Waals surface area (Å²) in [7, 11) is 0. The number of benzene rings is 1. The van der Waals surface area contributed by atoms with Crippen molar-refractivity contribution in [3.8, 4) is 0 Å². The van der Waals surface area contributed by atoms with E-state index >= 15 is 0 Å². The van der Waals surface area contributed by atoms with Crippen LogP contribution >= 0.6 is 11.6 Å². The first-order valence-electron chi connectivity index (χ1n) is 6.30. The number of likely N-dealkylation sites (tertiary alicyclic amines) is 1. The van der Waals surface area contributed by atoms with Gasteiger partial charge in [-0.15, -0.1) is 0 Å². The molecule has 2 N–H and O–H groups in total. The summed E-state index contributed by atoms with van der Waals surface area (Å²) >= 11 is 5.89. The molecule has 17 heavy (non-hydrogen) atoms. The maximum absolute atomic E-state index is 6.06. The minimum absolute atomic E-state index is 0.336. The molecule has 0 bridgehead atoms. The van der Waals surface area contributed by atoms with Crippen LogP contribution in [0.15, 0.2) is 24.3 Å². The Labute approximate surface area is 109 Å². The Hall–Kier alpha value is -0.570. The van der Waals surface area contributed by atoms with Crippen LogP contribution in [-0.2, 0) is 6.42 Å². The van der Waals surface area contributed by atoms with Crippen LogP contribution in [0.3, 0.4) is 0 Å². The van der Waals surface area contributed by atoms with E-state index in [1.54, 1.807) is 0 Å². The van der Waals surface area contributed by atoms with Gasteiger partial charge in [-0.1, -0.05) is 30.7 Å². The molecule has 0 aromatic heterocycles. The molecule has 0 aliphatic carbocycles. The summed E-state index contributed by atoms with van der Waals surface area (Å²) in [6.45, 7) is 6.66. The van der Waals surface area contributed by atoms with Gasteiger partial charge in [-0.3, -0.25) is 4.90 Å². The van der Waals surface area contributed by atoms with Crippen LogP contribution < -0.4 is 5.73 Å². The van der Waals surface area contributed by atoms with Crippen molar-refractivity contribution in [3.05, 3.63) is 34.9 Å². The van der Waals surface area contributed by atoms with E-state index in [0.29, 0.717) is 18.0 Å². The molecule has 1 aromatic rings. The van der Waals surface area contributed by atoms with E-state index in [0.717, 1.165) is 24.5 Å². The summed E-state index contributed by atoms with van der Waals surface area (Å²) in [4.78, 5) is 2.49. The third-order valence-electron chi connectivity index (χ3n) is 3.77. The van der Waals surface area contributed by atoms with Gasteiger partial charge in [0.1, 0.15) is 0 Å². The average Bonchev–Trinajstić information content (AvgIpc) is 2.63. The Kier molecular flexibility index (Phi) is 4.08. The van der Waals surface area contributed by atoms with Crippen molar-refractivity contribution >= 4 is 11.6 Å². The maximum Gasteiger partial charge on any atom is 0.0406 e. The molecule has 2 nitrogen and oxygen atoms in total. The third kappa shape index (κ3) is 3.21. The highest BCUT2D eigenvalue weighted by molar-refractivity contribution is 6.30. The van der Waals surface area contributed by atoms with E-state index in [1.807, 2.05) is 12.1 Å². The van der Waals surface area contributed by atoms with Gasteiger partial charge in [0, 0.05) is 30.2 Å². The average molecular weight is 253 g/mol. The van der Waals surface area contributed by atoms with Crippen molar-refractivity contribution in [2.45, 2.75) is 32.4 Å². The standard InChI is InChI=1S/C14H21ClN2/c1-10-8-17(9-14(10)16)11(2)7-12-3-5-13(15)6-4-12/h3-6,10-11,14H,7-9,16H2,1-2H3. The van der Waals surface area contributed by atoms with Gasteiger partial charge >= 0.3 is 0 Å². The molecule has 3 atom stereocenters. The van der Waals surface area contributed by atoms with Gasteiger partial charge in [-0.25, -0.2) is 0 Å². The zero-order valence-electron chi connectivity index (χ0n) is 10.6. The topological polar surface area (TPSA) is 29.3 Å². The second kappa shape index (κ2) is 5.38. The predicted molar refractivity (Wildman–Crippen MR) is 73.3 cm³/mol. The van der Waals surface area contributed by atoms with Crippen LogP contribution in [0.4, 0.5) is 0 Å². The summed E-state index contributed by atoms with van der Waals surface area (Å²) in [5.74, 6) is 0.614. The quantitative estimate of drug-likeness (QED) is 0.896. The highest BCUT2D eigenvalue weighted by Gasteiger charge is 2.29. The van der Waals surface area contributed by atoms with Gasteiger partial charge in [0.2, 0.25) is 0 Å². The van der Waals surface area contributed by atoms with E-state index < -0.39 is 0 Å². The van der Waals surface area contributed by atoms with Gasteiger partial charge < -0.3 is 5.73 Å². The lowest BCUT2D eigenvalue weighted by molar-refractivity contribution is 0.248. The molecule has 0 saturated carbocycles. The summed E-state index contributed by atoms with van der Waals surface area (Å²) in [5.41, 5.74) is 7.40. The summed E-state index contributed by atoms with van der Waals surface area (Å²) in [6.07, 6.45) is 1.07. The number of hydrogen-bond donors (Lipinski definition) is 1. The summed E-state index contributed by atoms with van der Waals surface area (Å²) in [6, 6.07) is 9.02. The van der Waals surface area contributed by atoms with Crippen LogP contribution in [0.1, 0.15) is 19.4 Å². The van der Waals surface area contributed by atoms with E-state index in [9.17, 15) is 0 Å². The molecule has 1 aliphatic rings. The number of hydrogen-bond acceptors (Lipinski definition) is 2. The van der Waals surface area contributed by atoms with Crippen LogP contribution in [0.25, 0.3) is 0 Å². The smallest absolute Gasteiger partial charge is 0.0406 e. The lowest BCUT2D eigenvalue weighted by Crippen LogP contribution is -2.35. The Bertz CT molecular complexity index is 353. The fraction of sp³-hybridized carbons (Fsp3) is 0.571. The van der Waals surface area contributed by atoms with Gasteiger partial charge in [0.25, 0.3) is 0 Å². The van der Waals surface area contributed by atoms with Gasteiger partial charge in [0.15, 0.2) is 0 Å². The fourth-order valence-corrected chi connectivity index (χ4v) is 2.61. The first kappa shape index (κ1) is 12.9. The second-order valence-corrected chi connectivity index (χ2v) is 5.71. The van der Waals surface area contributed by atoms with Gasteiger partial charge in [0.05, 0.1) is 0 Å². The fourth-order valence-electron chi connectivity index (χ4n) is 2.48. The van der Waals surface area contributed by atoms with Crippen LogP contribution in [0.5, 0.6) is 0 Å². The third-order valence-corrected chi connectivity index (χ3v) is 4.02. The molecule has 0 amide bonds. The van der Waals surface area contributed by atoms with E-state index in [1.165, 1.54) is 5.56 Å². The number of nitrogens with zero attached hydrogens (tertiary/aromatic N) is 1. The SMILES string of the molecule is CC1CN(C(C)Cc2ccc(Cl)cc2)CC1N.